The normalized spacial score (nSPS) is 16.2. The Morgan fingerprint density at radius 2 is 1.69 bits per heavy atom. The van der Waals surface area contributed by atoms with Crippen LogP contribution in [0.5, 0.6) is 0 Å². The highest BCUT2D eigenvalue weighted by molar-refractivity contribution is 4.66. The van der Waals surface area contributed by atoms with Crippen LogP contribution in [-0.4, -0.2) is 52.0 Å². The van der Waals surface area contributed by atoms with Gasteiger partial charge in [-0.1, -0.05) is 6.92 Å². The van der Waals surface area contributed by atoms with E-state index in [9.17, 15) is 5.11 Å². The molecule has 0 amide bonds. The first-order chi connectivity index (χ1) is 6.07. The van der Waals surface area contributed by atoms with Crippen LogP contribution in [-0.2, 0) is 0 Å². The zero-order chi connectivity index (χ0) is 10.3. The second-order valence-electron chi connectivity index (χ2n) is 3.02. The standard InChI is InChI=1S/C8H19NO4/c1-2-6(10)7(11)3-4-9-5-8(12)13/h6-13H,2-5H2,1H3. The molecule has 13 heavy (non-hydrogen) atoms. The predicted octanol–water partition coefficient (Wildman–Crippen LogP) is -1.59. The van der Waals surface area contributed by atoms with Crippen LogP contribution in [0.1, 0.15) is 19.8 Å². The van der Waals surface area contributed by atoms with Crippen molar-refractivity contribution in [3.05, 3.63) is 0 Å². The summed E-state index contributed by atoms with van der Waals surface area (Å²) < 4.78 is 0. The molecule has 0 aliphatic carbocycles. The van der Waals surface area contributed by atoms with Crippen molar-refractivity contribution in [3.8, 4) is 0 Å². The van der Waals surface area contributed by atoms with Crippen LogP contribution in [0.3, 0.4) is 0 Å². The van der Waals surface area contributed by atoms with Gasteiger partial charge in [0.05, 0.1) is 12.2 Å². The zero-order valence-corrected chi connectivity index (χ0v) is 7.85. The lowest BCUT2D eigenvalue weighted by molar-refractivity contribution is -0.0384. The number of hydrogen-bond acceptors (Lipinski definition) is 5. The summed E-state index contributed by atoms with van der Waals surface area (Å²) in [4.78, 5) is 0. The second-order valence-corrected chi connectivity index (χ2v) is 3.02. The van der Waals surface area contributed by atoms with Crippen molar-refractivity contribution in [1.29, 1.82) is 0 Å². The van der Waals surface area contributed by atoms with Crippen molar-refractivity contribution < 1.29 is 20.4 Å². The lowest BCUT2D eigenvalue weighted by Gasteiger charge is -2.16. The first-order valence-corrected chi connectivity index (χ1v) is 4.51. The smallest absolute Gasteiger partial charge is 0.164 e. The van der Waals surface area contributed by atoms with Gasteiger partial charge < -0.3 is 25.7 Å². The van der Waals surface area contributed by atoms with E-state index in [1.807, 2.05) is 0 Å². The SMILES string of the molecule is CCC(O)C(O)CCNCC(O)O. The Morgan fingerprint density at radius 1 is 1.08 bits per heavy atom. The molecule has 0 fully saturated rings. The lowest BCUT2D eigenvalue weighted by atomic mass is 10.1. The fourth-order valence-electron chi connectivity index (χ4n) is 0.946. The molecule has 5 nitrogen and oxygen atoms in total. The predicted molar refractivity (Wildman–Crippen MR) is 48.0 cm³/mol. The molecule has 0 bridgehead atoms. The van der Waals surface area contributed by atoms with E-state index in [-0.39, 0.29) is 6.54 Å². The quantitative estimate of drug-likeness (QED) is 0.248. The van der Waals surface area contributed by atoms with Gasteiger partial charge in [0.25, 0.3) is 0 Å². The Labute approximate surface area is 78.0 Å². The molecule has 0 radical (unpaired) electrons. The average molecular weight is 193 g/mol. The van der Waals surface area contributed by atoms with Crippen LogP contribution >= 0.6 is 0 Å². The van der Waals surface area contributed by atoms with Crippen molar-refractivity contribution >= 4 is 0 Å². The van der Waals surface area contributed by atoms with Gasteiger partial charge in [-0.3, -0.25) is 0 Å². The average Bonchev–Trinajstić information content (AvgIpc) is 2.10. The summed E-state index contributed by atoms with van der Waals surface area (Å²) in [5, 5.41) is 38.1. The number of rotatable bonds is 7. The highest BCUT2D eigenvalue weighted by Crippen LogP contribution is 2.01. The minimum Gasteiger partial charge on any atom is -0.390 e. The molecule has 0 rings (SSSR count). The zero-order valence-electron chi connectivity index (χ0n) is 7.85. The Morgan fingerprint density at radius 3 is 2.15 bits per heavy atom. The molecule has 0 aliphatic heterocycles. The fraction of sp³-hybridized carbons (Fsp3) is 1.00. The summed E-state index contributed by atoms with van der Waals surface area (Å²) in [6.07, 6.45) is -1.88. The number of nitrogens with one attached hydrogen (secondary N) is 1. The topological polar surface area (TPSA) is 93.0 Å². The number of hydrogen-bond donors (Lipinski definition) is 5. The summed E-state index contributed by atoms with van der Waals surface area (Å²) in [7, 11) is 0. The molecule has 0 aromatic heterocycles. The maximum atomic E-state index is 9.27. The van der Waals surface area contributed by atoms with E-state index in [1.165, 1.54) is 0 Å². The maximum absolute atomic E-state index is 9.27. The molecule has 0 saturated carbocycles. The second kappa shape index (κ2) is 7.23. The summed E-state index contributed by atoms with van der Waals surface area (Å²) in [6, 6.07) is 0. The molecule has 2 unspecified atom stereocenters. The van der Waals surface area contributed by atoms with E-state index in [0.717, 1.165) is 0 Å². The van der Waals surface area contributed by atoms with Gasteiger partial charge in [0, 0.05) is 6.54 Å². The highest BCUT2D eigenvalue weighted by atomic mass is 16.5. The third-order valence-corrected chi connectivity index (χ3v) is 1.81. The van der Waals surface area contributed by atoms with Crippen molar-refractivity contribution in [3.63, 3.8) is 0 Å². The van der Waals surface area contributed by atoms with Gasteiger partial charge in [0.1, 0.15) is 0 Å². The highest BCUT2D eigenvalue weighted by Gasteiger charge is 2.12. The van der Waals surface area contributed by atoms with Crippen molar-refractivity contribution in [2.75, 3.05) is 13.1 Å². The lowest BCUT2D eigenvalue weighted by Crippen LogP contribution is -2.32. The fourth-order valence-corrected chi connectivity index (χ4v) is 0.946. The molecule has 0 spiro atoms. The first kappa shape index (κ1) is 12.8. The van der Waals surface area contributed by atoms with Crippen molar-refractivity contribution in [1.82, 2.24) is 5.32 Å². The molecule has 0 heterocycles. The van der Waals surface area contributed by atoms with Gasteiger partial charge in [0.15, 0.2) is 6.29 Å². The van der Waals surface area contributed by atoms with Crippen LogP contribution in [0.15, 0.2) is 0 Å². The maximum Gasteiger partial charge on any atom is 0.164 e. The summed E-state index contributed by atoms with van der Waals surface area (Å²) in [6.45, 7) is 2.32. The van der Waals surface area contributed by atoms with Crippen molar-refractivity contribution in [2.24, 2.45) is 0 Å². The third kappa shape index (κ3) is 6.92. The van der Waals surface area contributed by atoms with Gasteiger partial charge in [-0.15, -0.1) is 0 Å². The van der Waals surface area contributed by atoms with E-state index < -0.39 is 18.5 Å². The Bertz CT molecular complexity index is 121. The van der Waals surface area contributed by atoms with Gasteiger partial charge in [0.2, 0.25) is 0 Å². The van der Waals surface area contributed by atoms with Gasteiger partial charge in [-0.25, -0.2) is 0 Å². The summed E-state index contributed by atoms with van der Waals surface area (Å²) >= 11 is 0. The molecular weight excluding hydrogens is 174 g/mol. The molecular formula is C8H19NO4. The first-order valence-electron chi connectivity index (χ1n) is 4.51. The molecule has 2 atom stereocenters. The number of aliphatic hydroxyl groups is 4. The van der Waals surface area contributed by atoms with E-state index in [4.69, 9.17) is 15.3 Å². The van der Waals surface area contributed by atoms with Crippen LogP contribution in [0.2, 0.25) is 0 Å². The van der Waals surface area contributed by atoms with Gasteiger partial charge in [-0.2, -0.15) is 0 Å². The molecule has 0 aromatic carbocycles. The number of aliphatic hydroxyl groups excluding tert-OH is 3. The van der Waals surface area contributed by atoms with Crippen molar-refractivity contribution in [2.45, 2.75) is 38.3 Å². The molecule has 5 heteroatoms. The van der Waals surface area contributed by atoms with Gasteiger partial charge >= 0.3 is 0 Å². The molecule has 80 valence electrons. The Balaban J connectivity index is 3.31. The van der Waals surface area contributed by atoms with E-state index >= 15 is 0 Å². The molecule has 0 aromatic rings. The monoisotopic (exact) mass is 193 g/mol. The Hall–Kier alpha value is -0.200. The Kier molecular flexibility index (Phi) is 7.12. The molecule has 5 N–H and O–H groups in total. The molecule has 0 saturated heterocycles. The minimum absolute atomic E-state index is 0.0783. The van der Waals surface area contributed by atoms with E-state index in [2.05, 4.69) is 5.32 Å². The third-order valence-electron chi connectivity index (χ3n) is 1.81. The molecule has 0 aliphatic rings. The van der Waals surface area contributed by atoms with Gasteiger partial charge in [-0.05, 0) is 19.4 Å². The largest absolute Gasteiger partial charge is 0.390 e. The van der Waals surface area contributed by atoms with Crippen LogP contribution in [0.25, 0.3) is 0 Å². The van der Waals surface area contributed by atoms with E-state index in [1.54, 1.807) is 6.92 Å². The van der Waals surface area contributed by atoms with Crippen LogP contribution in [0, 0.1) is 0 Å². The minimum atomic E-state index is -1.37. The van der Waals surface area contributed by atoms with Crippen LogP contribution < -0.4 is 5.32 Å². The van der Waals surface area contributed by atoms with E-state index in [0.29, 0.717) is 19.4 Å². The van der Waals surface area contributed by atoms with Crippen LogP contribution in [0.4, 0.5) is 0 Å². The summed E-state index contributed by atoms with van der Waals surface area (Å²) in [5.41, 5.74) is 0. The summed E-state index contributed by atoms with van der Waals surface area (Å²) in [5.74, 6) is 0.